The average Bonchev–Trinajstić information content (AvgIpc) is 2.82. The summed E-state index contributed by atoms with van der Waals surface area (Å²) >= 11 is 0. The first-order chi connectivity index (χ1) is 9.15. The van der Waals surface area contributed by atoms with Crippen LogP contribution in [-0.2, 0) is 4.74 Å². The molecule has 102 valence electrons. The maximum Gasteiger partial charge on any atom is 0.124 e. The maximum absolute atomic E-state index is 5.40. The summed E-state index contributed by atoms with van der Waals surface area (Å²) in [5.41, 5.74) is 4.81. The van der Waals surface area contributed by atoms with E-state index < -0.39 is 0 Å². The number of benzene rings is 1. The van der Waals surface area contributed by atoms with Gasteiger partial charge in [-0.05, 0) is 44.0 Å². The molecule has 1 fully saturated rings. The molecule has 1 aliphatic heterocycles. The van der Waals surface area contributed by atoms with E-state index in [0.717, 1.165) is 43.2 Å². The molecular weight excluding hydrogens is 238 g/mol. The Morgan fingerprint density at radius 2 is 1.89 bits per heavy atom. The summed E-state index contributed by atoms with van der Waals surface area (Å²) in [6, 6.07) is 4.67. The first kappa shape index (κ1) is 12.6. The van der Waals surface area contributed by atoms with Crippen LogP contribution in [0.15, 0.2) is 12.1 Å². The van der Waals surface area contributed by atoms with Gasteiger partial charge in [-0.1, -0.05) is 0 Å². The van der Waals surface area contributed by atoms with Crippen LogP contribution >= 0.6 is 0 Å². The van der Waals surface area contributed by atoms with E-state index >= 15 is 0 Å². The molecular formula is C15H21N3O. The topological polar surface area (TPSA) is 41.2 Å². The van der Waals surface area contributed by atoms with Gasteiger partial charge in [0.1, 0.15) is 5.82 Å². The Balaban J connectivity index is 1.91. The van der Waals surface area contributed by atoms with Gasteiger partial charge in [0, 0.05) is 13.1 Å². The molecule has 1 atom stereocenters. The van der Waals surface area contributed by atoms with Gasteiger partial charge in [0.2, 0.25) is 0 Å². The SMILES string of the molecule is Cc1cc2nc(C(C)N3CCOCC3)[nH]c2cc1C. The molecule has 1 aromatic heterocycles. The van der Waals surface area contributed by atoms with E-state index in [9.17, 15) is 0 Å². The number of H-pyrrole nitrogens is 1. The molecule has 0 bridgehead atoms. The van der Waals surface area contributed by atoms with Crippen molar-refractivity contribution < 1.29 is 4.74 Å². The standard InChI is InChI=1S/C15H21N3O/c1-10-8-13-14(9-11(10)2)17-15(16-13)12(3)18-4-6-19-7-5-18/h8-9,12H,4-7H2,1-3H3,(H,16,17). The van der Waals surface area contributed by atoms with Crippen molar-refractivity contribution in [2.24, 2.45) is 0 Å². The van der Waals surface area contributed by atoms with E-state index in [1.807, 2.05) is 0 Å². The van der Waals surface area contributed by atoms with Gasteiger partial charge in [0.15, 0.2) is 0 Å². The average molecular weight is 259 g/mol. The van der Waals surface area contributed by atoms with Gasteiger partial charge in [-0.15, -0.1) is 0 Å². The number of aromatic amines is 1. The Hall–Kier alpha value is -1.39. The van der Waals surface area contributed by atoms with Crippen LogP contribution in [0.2, 0.25) is 0 Å². The highest BCUT2D eigenvalue weighted by atomic mass is 16.5. The number of nitrogens with one attached hydrogen (secondary N) is 1. The normalized spacial score (nSPS) is 18.9. The number of morpholine rings is 1. The Bertz CT molecular complexity index is 545. The van der Waals surface area contributed by atoms with Crippen molar-refractivity contribution in [3.05, 3.63) is 29.1 Å². The van der Waals surface area contributed by atoms with Crippen LogP contribution in [0.5, 0.6) is 0 Å². The number of hydrogen-bond acceptors (Lipinski definition) is 3. The lowest BCUT2D eigenvalue weighted by Crippen LogP contribution is -2.38. The number of imidazole rings is 1. The Morgan fingerprint density at radius 3 is 2.63 bits per heavy atom. The van der Waals surface area contributed by atoms with Gasteiger partial charge in [-0.2, -0.15) is 0 Å². The molecule has 1 aliphatic rings. The minimum Gasteiger partial charge on any atom is -0.379 e. The fourth-order valence-corrected chi connectivity index (χ4v) is 2.62. The molecule has 1 N–H and O–H groups in total. The summed E-state index contributed by atoms with van der Waals surface area (Å²) in [6.07, 6.45) is 0. The summed E-state index contributed by atoms with van der Waals surface area (Å²) in [6.45, 7) is 10.1. The highest BCUT2D eigenvalue weighted by Crippen LogP contribution is 2.23. The van der Waals surface area contributed by atoms with Gasteiger partial charge in [0.05, 0.1) is 30.3 Å². The fourth-order valence-electron chi connectivity index (χ4n) is 2.62. The summed E-state index contributed by atoms with van der Waals surface area (Å²) in [5.74, 6) is 1.06. The van der Waals surface area contributed by atoms with Gasteiger partial charge in [-0.25, -0.2) is 4.98 Å². The van der Waals surface area contributed by atoms with E-state index in [0.29, 0.717) is 6.04 Å². The van der Waals surface area contributed by atoms with Crippen LogP contribution in [0.4, 0.5) is 0 Å². The molecule has 0 spiro atoms. The first-order valence-corrected chi connectivity index (χ1v) is 6.94. The van der Waals surface area contributed by atoms with Crippen molar-refractivity contribution >= 4 is 11.0 Å². The molecule has 4 heteroatoms. The number of nitrogens with zero attached hydrogens (tertiary/aromatic N) is 2. The maximum atomic E-state index is 5.40. The first-order valence-electron chi connectivity index (χ1n) is 6.94. The lowest BCUT2D eigenvalue weighted by molar-refractivity contribution is 0.0184. The third kappa shape index (κ3) is 2.38. The number of rotatable bonds is 2. The molecule has 0 amide bonds. The highest BCUT2D eigenvalue weighted by molar-refractivity contribution is 5.77. The molecule has 0 saturated carbocycles. The Labute approximate surface area is 113 Å². The smallest absolute Gasteiger partial charge is 0.124 e. The van der Waals surface area contributed by atoms with Gasteiger partial charge < -0.3 is 9.72 Å². The number of ether oxygens (including phenoxy) is 1. The van der Waals surface area contributed by atoms with E-state index in [2.05, 4.69) is 42.8 Å². The van der Waals surface area contributed by atoms with Gasteiger partial charge in [-0.3, -0.25) is 4.90 Å². The molecule has 1 saturated heterocycles. The largest absolute Gasteiger partial charge is 0.379 e. The second kappa shape index (κ2) is 4.94. The lowest BCUT2D eigenvalue weighted by Gasteiger charge is -2.31. The molecule has 2 heterocycles. The van der Waals surface area contributed by atoms with Crippen molar-refractivity contribution in [3.63, 3.8) is 0 Å². The van der Waals surface area contributed by atoms with Gasteiger partial charge >= 0.3 is 0 Å². The zero-order valence-electron chi connectivity index (χ0n) is 11.9. The number of fused-ring (bicyclic) bond motifs is 1. The number of hydrogen-bond donors (Lipinski definition) is 1. The van der Waals surface area contributed by atoms with Gasteiger partial charge in [0.25, 0.3) is 0 Å². The molecule has 1 aromatic carbocycles. The summed E-state index contributed by atoms with van der Waals surface area (Å²) in [5, 5.41) is 0. The monoisotopic (exact) mass is 259 g/mol. The summed E-state index contributed by atoms with van der Waals surface area (Å²) < 4.78 is 5.40. The highest BCUT2D eigenvalue weighted by Gasteiger charge is 2.21. The van der Waals surface area contributed by atoms with E-state index in [1.54, 1.807) is 0 Å². The van der Waals surface area contributed by atoms with Crippen LogP contribution in [-0.4, -0.2) is 41.2 Å². The van der Waals surface area contributed by atoms with Crippen LogP contribution in [0.25, 0.3) is 11.0 Å². The lowest BCUT2D eigenvalue weighted by atomic mass is 10.1. The quantitative estimate of drug-likeness (QED) is 0.901. The predicted octanol–water partition coefficient (Wildman–Crippen LogP) is 2.57. The van der Waals surface area contributed by atoms with Crippen molar-refractivity contribution in [1.82, 2.24) is 14.9 Å². The molecule has 3 rings (SSSR count). The van der Waals surface area contributed by atoms with Crippen molar-refractivity contribution in [2.45, 2.75) is 26.8 Å². The number of aryl methyl sites for hydroxylation is 2. The zero-order chi connectivity index (χ0) is 13.4. The van der Waals surface area contributed by atoms with E-state index in [-0.39, 0.29) is 0 Å². The molecule has 0 aliphatic carbocycles. The summed E-state index contributed by atoms with van der Waals surface area (Å²) in [7, 11) is 0. The molecule has 1 unspecified atom stereocenters. The van der Waals surface area contributed by atoms with Crippen LogP contribution in [0.1, 0.15) is 29.9 Å². The van der Waals surface area contributed by atoms with E-state index in [4.69, 9.17) is 9.72 Å². The molecule has 2 aromatic rings. The fraction of sp³-hybridized carbons (Fsp3) is 0.533. The Morgan fingerprint density at radius 1 is 1.21 bits per heavy atom. The van der Waals surface area contributed by atoms with E-state index in [1.165, 1.54) is 11.1 Å². The van der Waals surface area contributed by atoms with Crippen LogP contribution in [0.3, 0.4) is 0 Å². The summed E-state index contributed by atoms with van der Waals surface area (Å²) in [4.78, 5) is 10.6. The van der Waals surface area contributed by atoms with Crippen LogP contribution < -0.4 is 0 Å². The molecule has 19 heavy (non-hydrogen) atoms. The Kier molecular flexibility index (Phi) is 3.29. The third-order valence-corrected chi connectivity index (χ3v) is 4.10. The van der Waals surface area contributed by atoms with Crippen molar-refractivity contribution in [2.75, 3.05) is 26.3 Å². The number of aromatic nitrogens is 2. The van der Waals surface area contributed by atoms with Crippen LogP contribution in [0, 0.1) is 13.8 Å². The molecule has 4 nitrogen and oxygen atoms in total. The second-order valence-corrected chi connectivity index (χ2v) is 5.40. The second-order valence-electron chi connectivity index (χ2n) is 5.40. The third-order valence-electron chi connectivity index (χ3n) is 4.10. The zero-order valence-corrected chi connectivity index (χ0v) is 11.9. The molecule has 0 radical (unpaired) electrons. The minimum absolute atomic E-state index is 0.317. The van der Waals surface area contributed by atoms with Crippen molar-refractivity contribution in [3.8, 4) is 0 Å². The van der Waals surface area contributed by atoms with Crippen molar-refractivity contribution in [1.29, 1.82) is 0 Å². The predicted molar refractivity (Wildman–Crippen MR) is 76.4 cm³/mol. The minimum atomic E-state index is 0.317.